The van der Waals surface area contributed by atoms with Crippen molar-refractivity contribution in [3.63, 3.8) is 0 Å². The number of rotatable bonds is 4. The van der Waals surface area contributed by atoms with Crippen LogP contribution in [0.3, 0.4) is 0 Å². The maximum Gasteiger partial charge on any atom is 0.123 e. The molecule has 0 spiro atoms. The van der Waals surface area contributed by atoms with E-state index in [1.165, 1.54) is 0 Å². The molecule has 0 heterocycles. The van der Waals surface area contributed by atoms with Crippen LogP contribution in [0.2, 0.25) is 10.0 Å². The van der Waals surface area contributed by atoms with Gasteiger partial charge in [0.2, 0.25) is 0 Å². The monoisotopic (exact) mass is 374 g/mol. The van der Waals surface area contributed by atoms with Crippen LogP contribution in [0.25, 0.3) is 0 Å². The van der Waals surface area contributed by atoms with Crippen molar-refractivity contribution in [3.8, 4) is 11.5 Å². The molecule has 0 bridgehead atoms. The van der Waals surface area contributed by atoms with E-state index >= 15 is 0 Å². The van der Waals surface area contributed by atoms with Crippen LogP contribution in [-0.4, -0.2) is 14.2 Å². The highest BCUT2D eigenvalue weighted by Crippen LogP contribution is 2.42. The summed E-state index contributed by atoms with van der Waals surface area (Å²) in [5.74, 6) is 1.50. The first kappa shape index (κ1) is 15.5. The van der Waals surface area contributed by atoms with Gasteiger partial charge in [0.1, 0.15) is 11.5 Å². The van der Waals surface area contributed by atoms with Gasteiger partial charge in [0.25, 0.3) is 0 Å². The molecule has 0 aliphatic rings. The van der Waals surface area contributed by atoms with Crippen LogP contribution in [0.1, 0.15) is 16.0 Å². The Hall–Kier alpha value is -0.900. The van der Waals surface area contributed by atoms with Crippen molar-refractivity contribution >= 4 is 39.1 Å². The molecule has 2 rings (SSSR count). The molecule has 2 aromatic rings. The van der Waals surface area contributed by atoms with E-state index in [1.54, 1.807) is 26.4 Å². The SMILES string of the molecule is COc1ccc(Cl)cc1C(Br)c1cc(Cl)ccc1OC. The summed E-state index contributed by atoms with van der Waals surface area (Å²) < 4.78 is 10.8. The zero-order valence-corrected chi connectivity index (χ0v) is 14.1. The van der Waals surface area contributed by atoms with Crippen molar-refractivity contribution in [1.29, 1.82) is 0 Å². The number of methoxy groups -OCH3 is 2. The molecule has 0 radical (unpaired) electrons. The van der Waals surface area contributed by atoms with Gasteiger partial charge >= 0.3 is 0 Å². The van der Waals surface area contributed by atoms with Gasteiger partial charge < -0.3 is 9.47 Å². The maximum atomic E-state index is 6.08. The zero-order valence-electron chi connectivity index (χ0n) is 11.0. The molecule has 2 nitrogen and oxygen atoms in total. The minimum absolute atomic E-state index is 0.134. The van der Waals surface area contributed by atoms with Crippen LogP contribution in [-0.2, 0) is 0 Å². The number of benzene rings is 2. The van der Waals surface area contributed by atoms with Gasteiger partial charge in [0.05, 0.1) is 19.0 Å². The number of halogens is 3. The Morgan fingerprint density at radius 1 is 0.850 bits per heavy atom. The Balaban J connectivity index is 2.53. The average molecular weight is 376 g/mol. The first-order valence-corrected chi connectivity index (χ1v) is 7.55. The van der Waals surface area contributed by atoms with E-state index in [9.17, 15) is 0 Å². The van der Waals surface area contributed by atoms with Gasteiger partial charge in [-0.2, -0.15) is 0 Å². The summed E-state index contributed by atoms with van der Waals surface area (Å²) >= 11 is 15.8. The molecule has 0 aliphatic carbocycles. The predicted molar refractivity (Wildman–Crippen MR) is 86.8 cm³/mol. The minimum Gasteiger partial charge on any atom is -0.496 e. The molecular weight excluding hydrogens is 363 g/mol. The molecule has 0 saturated carbocycles. The number of ether oxygens (including phenoxy) is 2. The Bertz CT molecular complexity index is 563. The van der Waals surface area contributed by atoms with E-state index in [0.717, 1.165) is 22.6 Å². The van der Waals surface area contributed by atoms with E-state index in [1.807, 2.05) is 24.3 Å². The number of hydrogen-bond acceptors (Lipinski definition) is 2. The van der Waals surface area contributed by atoms with Crippen molar-refractivity contribution in [2.45, 2.75) is 4.83 Å². The lowest BCUT2D eigenvalue weighted by Crippen LogP contribution is -2.00. The number of hydrogen-bond donors (Lipinski definition) is 0. The van der Waals surface area contributed by atoms with Crippen molar-refractivity contribution in [2.75, 3.05) is 14.2 Å². The fourth-order valence-electron chi connectivity index (χ4n) is 1.97. The van der Waals surface area contributed by atoms with Gasteiger partial charge in [0.15, 0.2) is 0 Å². The highest BCUT2D eigenvalue weighted by atomic mass is 79.9. The Morgan fingerprint density at radius 3 is 1.60 bits per heavy atom. The quantitative estimate of drug-likeness (QED) is 0.657. The van der Waals surface area contributed by atoms with E-state index < -0.39 is 0 Å². The molecule has 0 amide bonds. The molecular formula is C15H13BrCl2O2. The minimum atomic E-state index is -0.134. The summed E-state index contributed by atoms with van der Waals surface area (Å²) in [5.41, 5.74) is 1.83. The first-order chi connectivity index (χ1) is 9.56. The number of alkyl halides is 1. The molecule has 2 aromatic carbocycles. The largest absolute Gasteiger partial charge is 0.496 e. The van der Waals surface area contributed by atoms with Gasteiger partial charge in [-0.25, -0.2) is 0 Å². The summed E-state index contributed by atoms with van der Waals surface area (Å²) in [6.07, 6.45) is 0. The fraction of sp³-hybridized carbons (Fsp3) is 0.200. The maximum absolute atomic E-state index is 6.08. The lowest BCUT2D eigenvalue weighted by Gasteiger charge is -2.18. The topological polar surface area (TPSA) is 18.5 Å². The van der Waals surface area contributed by atoms with E-state index in [2.05, 4.69) is 15.9 Å². The Kier molecular flexibility index (Phi) is 5.19. The summed E-state index contributed by atoms with van der Waals surface area (Å²) in [6, 6.07) is 11.0. The van der Waals surface area contributed by atoms with Crippen molar-refractivity contribution in [3.05, 3.63) is 57.6 Å². The van der Waals surface area contributed by atoms with Gasteiger partial charge in [-0.05, 0) is 36.4 Å². The lowest BCUT2D eigenvalue weighted by molar-refractivity contribution is 0.405. The second-order valence-electron chi connectivity index (χ2n) is 4.14. The van der Waals surface area contributed by atoms with Gasteiger partial charge in [-0.3, -0.25) is 0 Å². The van der Waals surface area contributed by atoms with Crippen LogP contribution in [0.4, 0.5) is 0 Å². The highest BCUT2D eigenvalue weighted by Gasteiger charge is 2.19. The Labute approximate surface area is 136 Å². The van der Waals surface area contributed by atoms with Gasteiger partial charge in [-0.1, -0.05) is 39.1 Å². The fourth-order valence-corrected chi connectivity index (χ4v) is 3.05. The summed E-state index contributed by atoms with van der Waals surface area (Å²) in [4.78, 5) is -0.134. The van der Waals surface area contributed by atoms with E-state index in [-0.39, 0.29) is 4.83 Å². The average Bonchev–Trinajstić information content (AvgIpc) is 2.46. The normalized spacial score (nSPS) is 10.7. The smallest absolute Gasteiger partial charge is 0.123 e. The molecule has 5 heteroatoms. The van der Waals surface area contributed by atoms with Gasteiger partial charge in [0, 0.05) is 21.2 Å². The molecule has 20 heavy (non-hydrogen) atoms. The molecule has 0 unspecified atom stereocenters. The standard InChI is InChI=1S/C15H13BrCl2O2/c1-19-13-5-3-9(17)7-11(13)15(16)12-8-10(18)4-6-14(12)20-2/h3-8,15H,1-2H3. The van der Waals surface area contributed by atoms with Crippen molar-refractivity contribution < 1.29 is 9.47 Å². The molecule has 0 aliphatic heterocycles. The van der Waals surface area contributed by atoms with E-state index in [4.69, 9.17) is 32.7 Å². The van der Waals surface area contributed by atoms with Crippen LogP contribution in [0.15, 0.2) is 36.4 Å². The summed E-state index contributed by atoms with van der Waals surface area (Å²) in [6.45, 7) is 0. The first-order valence-electron chi connectivity index (χ1n) is 5.87. The third-order valence-electron chi connectivity index (χ3n) is 2.93. The van der Waals surface area contributed by atoms with Crippen LogP contribution in [0, 0.1) is 0 Å². The molecule has 0 aromatic heterocycles. The zero-order chi connectivity index (χ0) is 14.7. The highest BCUT2D eigenvalue weighted by molar-refractivity contribution is 9.09. The second-order valence-corrected chi connectivity index (χ2v) is 5.92. The van der Waals surface area contributed by atoms with Crippen molar-refractivity contribution in [2.24, 2.45) is 0 Å². The molecule has 0 N–H and O–H groups in total. The van der Waals surface area contributed by atoms with Crippen LogP contribution < -0.4 is 9.47 Å². The molecule has 106 valence electrons. The van der Waals surface area contributed by atoms with Crippen LogP contribution in [0.5, 0.6) is 11.5 Å². The third-order valence-corrected chi connectivity index (χ3v) is 4.39. The van der Waals surface area contributed by atoms with Crippen LogP contribution >= 0.6 is 39.1 Å². The third kappa shape index (κ3) is 3.22. The summed E-state index contributed by atoms with van der Waals surface area (Å²) in [7, 11) is 3.25. The van der Waals surface area contributed by atoms with Crippen molar-refractivity contribution in [1.82, 2.24) is 0 Å². The Morgan fingerprint density at radius 2 is 1.25 bits per heavy atom. The van der Waals surface area contributed by atoms with Gasteiger partial charge in [-0.15, -0.1) is 0 Å². The summed E-state index contributed by atoms with van der Waals surface area (Å²) in [5, 5.41) is 1.29. The molecule has 0 atom stereocenters. The second kappa shape index (κ2) is 6.70. The molecule has 0 saturated heterocycles. The predicted octanol–water partition coefficient (Wildman–Crippen LogP) is 5.49. The molecule has 0 fully saturated rings. The lowest BCUT2D eigenvalue weighted by atomic mass is 10.0. The van der Waals surface area contributed by atoms with E-state index in [0.29, 0.717) is 10.0 Å².